The fourth-order valence-electron chi connectivity index (χ4n) is 0.559. The molecule has 0 aliphatic heterocycles. The minimum Gasteiger partial charge on any atom is -0.290 e. The number of hydroxylamine groups is 1. The number of aromatic nitrogens is 1. The van der Waals surface area contributed by atoms with Crippen LogP contribution in [0.3, 0.4) is 0 Å². The number of rotatable bonds is 2. The van der Waals surface area contributed by atoms with Crippen molar-refractivity contribution in [3.63, 3.8) is 0 Å². The maximum absolute atomic E-state index is 8.16. The Kier molecular flexibility index (Phi) is 5.23. The van der Waals surface area contributed by atoms with Crippen molar-refractivity contribution in [3.8, 4) is 0 Å². The van der Waals surface area contributed by atoms with Crippen molar-refractivity contribution < 1.29 is 5.21 Å². The van der Waals surface area contributed by atoms with E-state index in [1.54, 1.807) is 23.8 Å². The quantitative estimate of drug-likeness (QED) is 0.466. The molecule has 0 aromatic carbocycles. The monoisotopic (exact) mass is 231 g/mol. The second kappa shape index (κ2) is 5.68. The van der Waals surface area contributed by atoms with Crippen LogP contribution in [0, 0.1) is 0 Å². The second-order valence-electron chi connectivity index (χ2n) is 1.72. The molecule has 66 valence electrons. The predicted molar refractivity (Wildman–Crippen MR) is 51.7 cm³/mol. The summed E-state index contributed by atoms with van der Waals surface area (Å²) >= 11 is 3.26. The van der Waals surface area contributed by atoms with Gasteiger partial charge in [0, 0.05) is 10.7 Å². The van der Waals surface area contributed by atoms with E-state index in [9.17, 15) is 0 Å². The third-order valence-corrected chi connectivity index (χ3v) is 1.46. The van der Waals surface area contributed by atoms with E-state index >= 15 is 0 Å². The van der Waals surface area contributed by atoms with Crippen molar-refractivity contribution in [2.75, 3.05) is 0 Å². The maximum Gasteiger partial charge on any atom is 0.154 e. The molecule has 4 nitrogen and oxygen atoms in total. The minimum absolute atomic E-state index is 0. The van der Waals surface area contributed by atoms with Crippen LogP contribution in [0.25, 0.3) is 0 Å². The standard InChI is InChI=1S/C6H6BrN3O.CH4/c7-5-1-2-8-6(3-5)9-4-10-11;/h1-4,11H,(H,8,9,10);1H4. The molecule has 0 spiro atoms. The zero-order chi connectivity index (χ0) is 8.10. The molecule has 1 aromatic heterocycles. The smallest absolute Gasteiger partial charge is 0.154 e. The summed E-state index contributed by atoms with van der Waals surface area (Å²) in [6, 6.07) is 3.53. The van der Waals surface area contributed by atoms with Gasteiger partial charge >= 0.3 is 0 Å². The van der Waals surface area contributed by atoms with Gasteiger partial charge in [0.05, 0.1) is 0 Å². The van der Waals surface area contributed by atoms with Crippen molar-refractivity contribution in [3.05, 3.63) is 22.8 Å². The van der Waals surface area contributed by atoms with Crippen LogP contribution in [0.2, 0.25) is 0 Å². The van der Waals surface area contributed by atoms with E-state index < -0.39 is 0 Å². The molecule has 0 saturated carbocycles. The Labute approximate surface area is 79.4 Å². The summed E-state index contributed by atoms with van der Waals surface area (Å²) in [6.45, 7) is 0. The molecule has 0 saturated heterocycles. The molecule has 0 amide bonds. The minimum atomic E-state index is 0. The van der Waals surface area contributed by atoms with Crippen molar-refractivity contribution in [1.82, 2.24) is 10.5 Å². The van der Waals surface area contributed by atoms with Crippen molar-refractivity contribution in [1.29, 1.82) is 0 Å². The largest absolute Gasteiger partial charge is 0.290 e. The zero-order valence-electron chi connectivity index (χ0n) is 5.53. The Morgan fingerprint density at radius 3 is 3.00 bits per heavy atom. The average molecular weight is 232 g/mol. The first-order valence-electron chi connectivity index (χ1n) is 2.86. The lowest BCUT2D eigenvalue weighted by atomic mass is 10.5. The molecule has 12 heavy (non-hydrogen) atoms. The molecule has 0 aliphatic rings. The maximum atomic E-state index is 8.16. The fraction of sp³-hybridized carbons (Fsp3) is 0.143. The van der Waals surface area contributed by atoms with Gasteiger partial charge in [-0.05, 0) is 12.1 Å². The fourth-order valence-corrected chi connectivity index (χ4v) is 0.882. The summed E-state index contributed by atoms with van der Waals surface area (Å²) in [5, 5.41) is 8.16. The van der Waals surface area contributed by atoms with Gasteiger partial charge in [-0.3, -0.25) is 10.7 Å². The highest BCUT2D eigenvalue weighted by atomic mass is 79.9. The molecule has 1 heterocycles. The Morgan fingerprint density at radius 1 is 1.67 bits per heavy atom. The third-order valence-electron chi connectivity index (χ3n) is 0.962. The lowest BCUT2D eigenvalue weighted by Gasteiger charge is -1.91. The Bertz CT molecular complexity index is 265. The molecule has 0 radical (unpaired) electrons. The molecule has 5 heteroatoms. The van der Waals surface area contributed by atoms with Crippen LogP contribution in [0.15, 0.2) is 27.8 Å². The summed E-state index contributed by atoms with van der Waals surface area (Å²) < 4.78 is 0.901. The van der Waals surface area contributed by atoms with Crippen molar-refractivity contribution in [2.45, 2.75) is 7.43 Å². The van der Waals surface area contributed by atoms with Gasteiger partial charge in [0.15, 0.2) is 5.82 Å². The van der Waals surface area contributed by atoms with Crippen molar-refractivity contribution >= 4 is 28.1 Å². The van der Waals surface area contributed by atoms with Crippen LogP contribution in [0.1, 0.15) is 7.43 Å². The van der Waals surface area contributed by atoms with Crippen LogP contribution < -0.4 is 5.48 Å². The Balaban J connectivity index is 0.00000121. The van der Waals surface area contributed by atoms with Crippen LogP contribution in [0.5, 0.6) is 0 Å². The SMILES string of the molecule is C.ONC=Nc1cc(Br)ccn1. The summed E-state index contributed by atoms with van der Waals surface area (Å²) in [6.07, 6.45) is 2.77. The van der Waals surface area contributed by atoms with E-state index in [1.165, 1.54) is 0 Å². The van der Waals surface area contributed by atoms with E-state index in [0.29, 0.717) is 5.82 Å². The lowest BCUT2D eigenvalue weighted by Crippen LogP contribution is -2.01. The first-order chi connectivity index (χ1) is 5.33. The molecular formula is C7H10BrN3O. The average Bonchev–Trinajstić information content (AvgIpc) is 2.01. The van der Waals surface area contributed by atoms with Gasteiger partial charge in [0.25, 0.3) is 0 Å². The Hall–Kier alpha value is -0.940. The molecular weight excluding hydrogens is 222 g/mol. The van der Waals surface area contributed by atoms with Crippen LogP contribution in [-0.2, 0) is 0 Å². The van der Waals surface area contributed by atoms with E-state index in [-0.39, 0.29) is 7.43 Å². The zero-order valence-corrected chi connectivity index (χ0v) is 7.12. The lowest BCUT2D eigenvalue weighted by molar-refractivity contribution is 0.240. The summed E-state index contributed by atoms with van der Waals surface area (Å²) in [7, 11) is 0. The van der Waals surface area contributed by atoms with Gasteiger partial charge in [-0.15, -0.1) is 0 Å². The van der Waals surface area contributed by atoms with E-state index in [4.69, 9.17) is 5.21 Å². The highest BCUT2D eigenvalue weighted by molar-refractivity contribution is 9.10. The molecule has 0 bridgehead atoms. The highest BCUT2D eigenvalue weighted by Gasteiger charge is 1.89. The number of pyridine rings is 1. The molecule has 0 aliphatic carbocycles. The molecule has 0 fully saturated rings. The topological polar surface area (TPSA) is 57.5 Å². The highest BCUT2D eigenvalue weighted by Crippen LogP contribution is 2.14. The molecule has 1 aromatic rings. The van der Waals surface area contributed by atoms with E-state index in [1.807, 2.05) is 0 Å². The van der Waals surface area contributed by atoms with Gasteiger partial charge in [0.1, 0.15) is 6.34 Å². The van der Waals surface area contributed by atoms with Crippen molar-refractivity contribution in [2.24, 2.45) is 4.99 Å². The molecule has 2 N–H and O–H groups in total. The number of hydrogen-bond donors (Lipinski definition) is 2. The number of hydrogen-bond acceptors (Lipinski definition) is 3. The second-order valence-corrected chi connectivity index (χ2v) is 2.64. The number of aliphatic imine (C=N–C) groups is 1. The van der Waals surface area contributed by atoms with Gasteiger partial charge < -0.3 is 0 Å². The molecule has 0 atom stereocenters. The van der Waals surface area contributed by atoms with E-state index in [0.717, 1.165) is 10.8 Å². The third kappa shape index (κ3) is 3.45. The van der Waals surface area contributed by atoms with Gasteiger partial charge in [-0.2, -0.15) is 0 Å². The molecule has 0 unspecified atom stereocenters. The first-order valence-corrected chi connectivity index (χ1v) is 3.66. The molecule has 1 rings (SSSR count). The summed E-state index contributed by atoms with van der Waals surface area (Å²) in [5.74, 6) is 0.529. The predicted octanol–water partition coefficient (Wildman–Crippen LogP) is 2.12. The number of nitrogens with one attached hydrogen (secondary N) is 1. The van der Waals surface area contributed by atoms with Gasteiger partial charge in [-0.25, -0.2) is 9.98 Å². The number of halogens is 1. The van der Waals surface area contributed by atoms with Crippen LogP contribution in [-0.4, -0.2) is 16.5 Å². The van der Waals surface area contributed by atoms with Crippen LogP contribution >= 0.6 is 15.9 Å². The summed E-state index contributed by atoms with van der Waals surface area (Å²) in [4.78, 5) is 7.66. The normalized spacial score (nSPS) is 9.50. The van der Waals surface area contributed by atoms with Gasteiger partial charge in [-0.1, -0.05) is 23.4 Å². The number of nitrogens with zero attached hydrogens (tertiary/aromatic N) is 2. The van der Waals surface area contributed by atoms with Crippen LogP contribution in [0.4, 0.5) is 5.82 Å². The summed E-state index contributed by atoms with van der Waals surface area (Å²) in [5.41, 5.74) is 1.79. The first kappa shape index (κ1) is 11.1. The Morgan fingerprint density at radius 2 is 2.42 bits per heavy atom. The van der Waals surface area contributed by atoms with Gasteiger partial charge in [0.2, 0.25) is 0 Å². The van der Waals surface area contributed by atoms with E-state index in [2.05, 4.69) is 25.9 Å².